The lowest BCUT2D eigenvalue weighted by Crippen LogP contribution is -2.28. The van der Waals surface area contributed by atoms with E-state index in [0.29, 0.717) is 29.7 Å². The van der Waals surface area contributed by atoms with Gasteiger partial charge >= 0.3 is 0 Å². The number of benzene rings is 1. The van der Waals surface area contributed by atoms with Gasteiger partial charge in [-0.05, 0) is 31.2 Å². The molecule has 0 bridgehead atoms. The fourth-order valence-corrected chi connectivity index (χ4v) is 2.50. The molecule has 0 aliphatic heterocycles. The van der Waals surface area contributed by atoms with Crippen LogP contribution in [-0.4, -0.2) is 28.5 Å². The molecule has 2 heterocycles. The second kappa shape index (κ2) is 7.90. The fraction of sp³-hybridized carbons (Fsp3) is 0.222. The highest BCUT2D eigenvalue weighted by atomic mass is 35.5. The van der Waals surface area contributed by atoms with E-state index in [0.717, 1.165) is 11.3 Å². The van der Waals surface area contributed by atoms with Crippen LogP contribution in [0.1, 0.15) is 12.6 Å². The molecule has 1 aromatic carbocycles. The van der Waals surface area contributed by atoms with E-state index in [1.165, 1.54) is 0 Å². The number of hydrogen-bond donors (Lipinski definition) is 1. The average Bonchev–Trinajstić information content (AvgIpc) is 3.01. The van der Waals surface area contributed by atoms with Crippen molar-refractivity contribution in [3.8, 4) is 11.5 Å². The van der Waals surface area contributed by atoms with Crippen LogP contribution in [0, 0.1) is 0 Å². The van der Waals surface area contributed by atoms with Crippen LogP contribution in [-0.2, 0) is 11.3 Å². The Morgan fingerprint density at radius 3 is 2.68 bits per heavy atom. The number of carbonyl (C=O) groups excluding carboxylic acids is 1. The van der Waals surface area contributed by atoms with Crippen molar-refractivity contribution in [3.05, 3.63) is 59.5 Å². The molecule has 25 heavy (non-hydrogen) atoms. The first-order valence-electron chi connectivity index (χ1n) is 7.90. The van der Waals surface area contributed by atoms with Crippen molar-refractivity contribution in [2.45, 2.75) is 13.5 Å². The highest BCUT2D eigenvalue weighted by molar-refractivity contribution is 6.30. The predicted octanol–water partition coefficient (Wildman–Crippen LogP) is 3.08. The van der Waals surface area contributed by atoms with E-state index in [1.807, 2.05) is 35.7 Å². The van der Waals surface area contributed by atoms with Gasteiger partial charge in [-0.25, -0.2) is 4.98 Å². The van der Waals surface area contributed by atoms with Crippen LogP contribution in [0.25, 0.3) is 5.65 Å². The van der Waals surface area contributed by atoms with Crippen LogP contribution in [0.2, 0.25) is 5.02 Å². The van der Waals surface area contributed by atoms with Crippen molar-refractivity contribution in [3.63, 3.8) is 0 Å². The zero-order chi connectivity index (χ0) is 17.6. The molecule has 0 saturated carbocycles. The molecular formula is C18H18ClN3O3. The van der Waals surface area contributed by atoms with E-state index in [9.17, 15) is 4.79 Å². The summed E-state index contributed by atoms with van der Waals surface area (Å²) in [7, 11) is 0. The van der Waals surface area contributed by atoms with Crippen LogP contribution in [0.4, 0.5) is 0 Å². The summed E-state index contributed by atoms with van der Waals surface area (Å²) in [5.41, 5.74) is 1.51. The molecule has 0 radical (unpaired) electrons. The number of amides is 1. The third-order valence-electron chi connectivity index (χ3n) is 3.44. The van der Waals surface area contributed by atoms with Crippen molar-refractivity contribution in [2.24, 2.45) is 0 Å². The van der Waals surface area contributed by atoms with Crippen LogP contribution >= 0.6 is 11.6 Å². The molecule has 0 aliphatic carbocycles. The minimum atomic E-state index is -0.235. The molecule has 7 heteroatoms. The summed E-state index contributed by atoms with van der Waals surface area (Å²) >= 11 is 5.94. The van der Waals surface area contributed by atoms with Gasteiger partial charge in [-0.1, -0.05) is 23.7 Å². The minimum Gasteiger partial charge on any atom is -0.490 e. The zero-order valence-electron chi connectivity index (χ0n) is 13.7. The summed E-state index contributed by atoms with van der Waals surface area (Å²) in [4.78, 5) is 16.4. The van der Waals surface area contributed by atoms with Crippen molar-refractivity contribution in [2.75, 3.05) is 13.2 Å². The van der Waals surface area contributed by atoms with Gasteiger partial charge in [-0.15, -0.1) is 0 Å². The summed E-state index contributed by atoms with van der Waals surface area (Å²) in [5.74, 6) is 0.929. The molecule has 1 N–H and O–H groups in total. The van der Waals surface area contributed by atoms with Crippen LogP contribution in [0.5, 0.6) is 11.5 Å². The Labute approximate surface area is 150 Å². The lowest BCUT2D eigenvalue weighted by atomic mass is 10.3. The Morgan fingerprint density at radius 2 is 1.92 bits per heavy atom. The molecule has 3 rings (SSSR count). The monoisotopic (exact) mass is 359 g/mol. The van der Waals surface area contributed by atoms with Gasteiger partial charge in [0.2, 0.25) is 0 Å². The highest BCUT2D eigenvalue weighted by Crippen LogP contribution is 2.26. The smallest absolute Gasteiger partial charge is 0.258 e. The normalized spacial score (nSPS) is 10.6. The Morgan fingerprint density at radius 1 is 1.16 bits per heavy atom. The summed E-state index contributed by atoms with van der Waals surface area (Å²) < 4.78 is 12.8. The van der Waals surface area contributed by atoms with Gasteiger partial charge in [-0.2, -0.15) is 0 Å². The number of carbonyl (C=O) groups is 1. The number of nitrogens with zero attached hydrogens (tertiary/aromatic N) is 2. The lowest BCUT2D eigenvalue weighted by Gasteiger charge is -2.11. The SMILES string of the molecule is CCOc1ccccc1OCC(=O)NCc1cn2cc(Cl)ccc2n1. The summed E-state index contributed by atoms with van der Waals surface area (Å²) in [6.45, 7) is 2.65. The topological polar surface area (TPSA) is 64.9 Å². The maximum atomic E-state index is 12.0. The number of aromatic nitrogens is 2. The van der Waals surface area contributed by atoms with E-state index >= 15 is 0 Å². The molecule has 0 saturated heterocycles. The first kappa shape index (κ1) is 17.1. The average molecular weight is 360 g/mol. The lowest BCUT2D eigenvalue weighted by molar-refractivity contribution is -0.123. The highest BCUT2D eigenvalue weighted by Gasteiger charge is 2.08. The Kier molecular flexibility index (Phi) is 5.40. The quantitative estimate of drug-likeness (QED) is 0.704. The molecule has 3 aromatic rings. The fourth-order valence-electron chi connectivity index (χ4n) is 2.33. The molecule has 130 valence electrons. The molecule has 0 unspecified atom stereocenters. The molecular weight excluding hydrogens is 342 g/mol. The van der Waals surface area contributed by atoms with Crippen molar-refractivity contribution in [1.82, 2.24) is 14.7 Å². The summed E-state index contributed by atoms with van der Waals surface area (Å²) in [6.07, 6.45) is 3.59. The molecule has 1 amide bonds. The number of imidazole rings is 1. The van der Waals surface area contributed by atoms with E-state index in [-0.39, 0.29) is 12.5 Å². The Hall–Kier alpha value is -2.73. The third kappa shape index (κ3) is 4.42. The molecule has 0 aliphatic rings. The van der Waals surface area contributed by atoms with E-state index < -0.39 is 0 Å². The van der Waals surface area contributed by atoms with Crippen LogP contribution in [0.3, 0.4) is 0 Å². The third-order valence-corrected chi connectivity index (χ3v) is 3.66. The second-order valence-corrected chi connectivity index (χ2v) is 5.73. The summed E-state index contributed by atoms with van der Waals surface area (Å²) in [6, 6.07) is 10.9. The van der Waals surface area contributed by atoms with Gasteiger partial charge in [0, 0.05) is 12.4 Å². The number of nitrogens with one attached hydrogen (secondary N) is 1. The minimum absolute atomic E-state index is 0.0940. The standard InChI is InChI=1S/C18H18ClN3O3/c1-2-24-15-5-3-4-6-16(15)25-12-18(23)20-9-14-11-22-10-13(19)7-8-17(22)21-14/h3-8,10-11H,2,9,12H2,1H3,(H,20,23). The number of para-hydroxylation sites is 2. The zero-order valence-corrected chi connectivity index (χ0v) is 14.5. The predicted molar refractivity (Wildman–Crippen MR) is 95.2 cm³/mol. The second-order valence-electron chi connectivity index (χ2n) is 5.29. The van der Waals surface area contributed by atoms with E-state index in [4.69, 9.17) is 21.1 Å². The summed E-state index contributed by atoms with van der Waals surface area (Å²) in [5, 5.41) is 3.41. The van der Waals surface area contributed by atoms with Gasteiger partial charge in [0.25, 0.3) is 5.91 Å². The number of rotatable bonds is 7. The first-order valence-corrected chi connectivity index (χ1v) is 8.28. The molecule has 0 fully saturated rings. The van der Waals surface area contributed by atoms with Crippen LogP contribution < -0.4 is 14.8 Å². The molecule has 2 aromatic heterocycles. The first-order chi connectivity index (χ1) is 12.2. The number of hydrogen-bond acceptors (Lipinski definition) is 4. The number of fused-ring (bicyclic) bond motifs is 1. The van der Waals surface area contributed by atoms with Gasteiger partial charge in [0.15, 0.2) is 18.1 Å². The van der Waals surface area contributed by atoms with Crippen molar-refractivity contribution >= 4 is 23.2 Å². The molecule has 0 atom stereocenters. The van der Waals surface area contributed by atoms with E-state index in [2.05, 4.69) is 10.3 Å². The largest absolute Gasteiger partial charge is 0.490 e. The van der Waals surface area contributed by atoms with Gasteiger partial charge in [0.05, 0.1) is 23.9 Å². The van der Waals surface area contributed by atoms with E-state index in [1.54, 1.807) is 24.4 Å². The van der Waals surface area contributed by atoms with Gasteiger partial charge in [-0.3, -0.25) is 4.79 Å². The van der Waals surface area contributed by atoms with Gasteiger partial charge < -0.3 is 19.2 Å². The number of halogens is 1. The Bertz CT molecular complexity index is 879. The van der Waals surface area contributed by atoms with Crippen LogP contribution in [0.15, 0.2) is 48.8 Å². The maximum absolute atomic E-state index is 12.0. The number of ether oxygens (including phenoxy) is 2. The van der Waals surface area contributed by atoms with Gasteiger partial charge in [0.1, 0.15) is 5.65 Å². The van der Waals surface area contributed by atoms with Crippen molar-refractivity contribution < 1.29 is 14.3 Å². The maximum Gasteiger partial charge on any atom is 0.258 e. The Balaban J connectivity index is 1.54. The molecule has 6 nitrogen and oxygen atoms in total. The molecule has 0 spiro atoms. The van der Waals surface area contributed by atoms with Crippen molar-refractivity contribution in [1.29, 1.82) is 0 Å². The number of pyridine rings is 1.